The van der Waals surface area contributed by atoms with Crippen molar-refractivity contribution >= 4 is 39.1 Å². The maximum Gasteiger partial charge on any atom is 0.300 e. The highest BCUT2D eigenvalue weighted by Gasteiger charge is 2.46. The quantitative estimate of drug-likeness (QED) is 0.337. The van der Waals surface area contributed by atoms with Crippen molar-refractivity contribution < 1.29 is 19.1 Å². The lowest BCUT2D eigenvalue weighted by Crippen LogP contribution is -2.29. The van der Waals surface area contributed by atoms with Crippen LogP contribution in [0.3, 0.4) is 0 Å². The molecule has 0 bridgehead atoms. The highest BCUT2D eigenvalue weighted by Crippen LogP contribution is 2.42. The monoisotopic (exact) mass is 451 g/mol. The molecule has 1 N–H and O–H groups in total. The van der Waals surface area contributed by atoms with Gasteiger partial charge in [-0.1, -0.05) is 58.4 Å². The number of aliphatic hydroxyl groups excluding tert-OH is 1. The van der Waals surface area contributed by atoms with Crippen molar-refractivity contribution in [1.29, 1.82) is 0 Å². The molecule has 1 heterocycles. The summed E-state index contributed by atoms with van der Waals surface area (Å²) in [6.45, 7) is 0. The fourth-order valence-corrected chi connectivity index (χ4v) is 3.68. The summed E-state index contributed by atoms with van der Waals surface area (Å²) in [6.07, 6.45) is 0. The standard InChI is InChI=1S/C23H15BrFNO3/c24-16-8-12-18(13-9-16)26-20(14-6-10-17(25)11-7-14)19(22(28)23(26)29)21(27)15-4-2-1-3-5-15/h1-13,20,27H/b21-19+/t20-/m1/s1. The molecule has 0 aliphatic carbocycles. The first kappa shape index (κ1) is 19.1. The van der Waals surface area contributed by atoms with Crippen LogP contribution in [-0.4, -0.2) is 16.8 Å². The number of carbonyl (C=O) groups excluding carboxylic acids is 2. The van der Waals surface area contributed by atoms with Crippen LogP contribution in [0.5, 0.6) is 0 Å². The number of amides is 1. The van der Waals surface area contributed by atoms with Gasteiger partial charge in [-0.3, -0.25) is 14.5 Å². The lowest BCUT2D eigenvalue weighted by atomic mass is 9.95. The second-order valence-electron chi connectivity index (χ2n) is 6.56. The molecule has 6 heteroatoms. The van der Waals surface area contributed by atoms with Crippen molar-refractivity contribution in [3.63, 3.8) is 0 Å². The minimum Gasteiger partial charge on any atom is -0.507 e. The molecular weight excluding hydrogens is 437 g/mol. The van der Waals surface area contributed by atoms with Crippen LogP contribution in [-0.2, 0) is 9.59 Å². The van der Waals surface area contributed by atoms with Crippen molar-refractivity contribution in [3.8, 4) is 0 Å². The summed E-state index contributed by atoms with van der Waals surface area (Å²) in [5.74, 6) is -2.24. The van der Waals surface area contributed by atoms with Crippen LogP contribution in [0.2, 0.25) is 0 Å². The number of Topliss-reactive ketones (excluding diaryl/α,β-unsaturated/α-hetero) is 1. The van der Waals surface area contributed by atoms with Crippen LogP contribution in [0.15, 0.2) is 88.9 Å². The number of halogens is 2. The van der Waals surface area contributed by atoms with Gasteiger partial charge < -0.3 is 5.11 Å². The average Bonchev–Trinajstić information content (AvgIpc) is 3.00. The minimum atomic E-state index is -0.878. The molecule has 29 heavy (non-hydrogen) atoms. The lowest BCUT2D eigenvalue weighted by molar-refractivity contribution is -0.132. The van der Waals surface area contributed by atoms with Crippen molar-refractivity contribution in [2.75, 3.05) is 4.90 Å². The van der Waals surface area contributed by atoms with Crippen LogP contribution >= 0.6 is 15.9 Å². The zero-order chi connectivity index (χ0) is 20.5. The van der Waals surface area contributed by atoms with Gasteiger partial charge in [-0.05, 0) is 42.0 Å². The highest BCUT2D eigenvalue weighted by atomic mass is 79.9. The Morgan fingerprint density at radius 1 is 0.897 bits per heavy atom. The van der Waals surface area contributed by atoms with Crippen LogP contribution < -0.4 is 4.90 Å². The SMILES string of the molecule is O=C1C(=O)N(c2ccc(Br)cc2)[C@H](c2ccc(F)cc2)/C1=C(\O)c1ccccc1. The van der Waals surface area contributed by atoms with E-state index >= 15 is 0 Å². The Kier molecular flexibility index (Phi) is 5.03. The summed E-state index contributed by atoms with van der Waals surface area (Å²) in [4.78, 5) is 27.2. The fourth-order valence-electron chi connectivity index (χ4n) is 3.41. The summed E-state index contributed by atoms with van der Waals surface area (Å²) >= 11 is 3.35. The number of anilines is 1. The Labute approximate surface area is 175 Å². The van der Waals surface area contributed by atoms with Gasteiger partial charge in [0.15, 0.2) is 0 Å². The van der Waals surface area contributed by atoms with Gasteiger partial charge in [0, 0.05) is 15.7 Å². The Hall–Kier alpha value is -3.25. The van der Waals surface area contributed by atoms with E-state index < -0.39 is 23.5 Å². The smallest absolute Gasteiger partial charge is 0.300 e. The van der Waals surface area contributed by atoms with Crippen molar-refractivity contribution in [3.05, 3.63) is 106 Å². The molecule has 0 spiro atoms. The van der Waals surface area contributed by atoms with Crippen LogP contribution in [0.4, 0.5) is 10.1 Å². The van der Waals surface area contributed by atoms with Gasteiger partial charge in [-0.25, -0.2) is 4.39 Å². The maximum absolute atomic E-state index is 13.5. The number of rotatable bonds is 3. The van der Waals surface area contributed by atoms with E-state index in [1.807, 2.05) is 0 Å². The number of aliphatic hydroxyl groups is 1. The summed E-state index contributed by atoms with van der Waals surface area (Å²) < 4.78 is 14.3. The first-order valence-corrected chi connectivity index (χ1v) is 9.64. The molecule has 1 fully saturated rings. The summed E-state index contributed by atoms with van der Waals surface area (Å²) in [7, 11) is 0. The van der Waals surface area contributed by atoms with Crippen molar-refractivity contribution in [2.24, 2.45) is 0 Å². The van der Waals surface area contributed by atoms with Gasteiger partial charge in [0.05, 0.1) is 11.6 Å². The van der Waals surface area contributed by atoms with E-state index in [2.05, 4.69) is 15.9 Å². The van der Waals surface area contributed by atoms with E-state index in [1.165, 1.54) is 29.2 Å². The number of carbonyl (C=O) groups is 2. The first-order valence-electron chi connectivity index (χ1n) is 8.85. The molecule has 0 radical (unpaired) electrons. The Bertz CT molecular complexity index is 1110. The van der Waals surface area contributed by atoms with Gasteiger partial charge in [-0.2, -0.15) is 0 Å². The largest absolute Gasteiger partial charge is 0.507 e. The molecule has 4 nitrogen and oxygen atoms in total. The number of ketones is 1. The van der Waals surface area contributed by atoms with E-state index in [1.54, 1.807) is 54.6 Å². The number of hydrogen-bond acceptors (Lipinski definition) is 3. The molecule has 1 saturated heterocycles. The molecule has 1 amide bonds. The molecule has 3 aromatic rings. The minimum absolute atomic E-state index is 0.0317. The molecule has 0 unspecified atom stereocenters. The number of hydrogen-bond donors (Lipinski definition) is 1. The maximum atomic E-state index is 13.5. The van der Waals surface area contributed by atoms with Gasteiger partial charge >= 0.3 is 0 Å². The first-order chi connectivity index (χ1) is 14.0. The van der Waals surface area contributed by atoms with E-state index in [0.29, 0.717) is 16.8 Å². The van der Waals surface area contributed by atoms with Gasteiger partial charge in [0.2, 0.25) is 0 Å². The zero-order valence-electron chi connectivity index (χ0n) is 15.0. The topological polar surface area (TPSA) is 57.6 Å². The second-order valence-corrected chi connectivity index (χ2v) is 7.48. The third-order valence-corrected chi connectivity index (χ3v) is 5.31. The third kappa shape index (κ3) is 3.47. The van der Waals surface area contributed by atoms with Gasteiger partial charge in [0.25, 0.3) is 11.7 Å². The Morgan fingerprint density at radius 2 is 1.52 bits per heavy atom. The Morgan fingerprint density at radius 3 is 2.14 bits per heavy atom. The molecular formula is C23H15BrFNO3. The summed E-state index contributed by atoms with van der Waals surface area (Å²) in [6, 6.07) is 20.1. The summed E-state index contributed by atoms with van der Waals surface area (Å²) in [5.41, 5.74) is 1.41. The molecule has 1 aliphatic rings. The second kappa shape index (κ2) is 7.64. The van der Waals surface area contributed by atoms with Crippen LogP contribution in [0, 0.1) is 5.82 Å². The predicted molar refractivity (Wildman–Crippen MR) is 112 cm³/mol. The van der Waals surface area contributed by atoms with Crippen molar-refractivity contribution in [2.45, 2.75) is 6.04 Å². The fraction of sp³-hybridized carbons (Fsp3) is 0.0435. The third-order valence-electron chi connectivity index (χ3n) is 4.78. The Balaban J connectivity index is 1.94. The number of benzene rings is 3. The summed E-state index contributed by atoms with van der Waals surface area (Å²) in [5, 5.41) is 10.9. The molecule has 1 atom stereocenters. The molecule has 0 aromatic heterocycles. The van der Waals surface area contributed by atoms with E-state index in [9.17, 15) is 19.1 Å². The van der Waals surface area contributed by atoms with E-state index in [-0.39, 0.29) is 11.3 Å². The zero-order valence-corrected chi connectivity index (χ0v) is 16.6. The highest BCUT2D eigenvalue weighted by molar-refractivity contribution is 9.10. The van der Waals surface area contributed by atoms with Crippen molar-refractivity contribution in [1.82, 2.24) is 0 Å². The molecule has 4 rings (SSSR count). The van der Waals surface area contributed by atoms with E-state index in [0.717, 1.165) is 4.47 Å². The molecule has 3 aromatic carbocycles. The van der Waals surface area contributed by atoms with Crippen LogP contribution in [0.25, 0.3) is 5.76 Å². The number of nitrogens with zero attached hydrogens (tertiary/aromatic N) is 1. The lowest BCUT2D eigenvalue weighted by Gasteiger charge is -2.25. The predicted octanol–water partition coefficient (Wildman–Crippen LogP) is 5.21. The van der Waals surface area contributed by atoms with Gasteiger partial charge in [0.1, 0.15) is 11.6 Å². The van der Waals surface area contributed by atoms with Gasteiger partial charge in [-0.15, -0.1) is 0 Å². The molecule has 0 saturated carbocycles. The normalized spacial score (nSPS) is 18.3. The van der Waals surface area contributed by atoms with E-state index in [4.69, 9.17) is 0 Å². The molecule has 1 aliphatic heterocycles. The average molecular weight is 452 g/mol. The molecule has 144 valence electrons. The van der Waals surface area contributed by atoms with Crippen LogP contribution in [0.1, 0.15) is 17.2 Å².